The number of hydrogen-bond donors (Lipinski definition) is 0. The molecule has 2 rings (SSSR count). The summed E-state index contributed by atoms with van der Waals surface area (Å²) < 4.78 is 26.5. The zero-order chi connectivity index (χ0) is 18.4. The summed E-state index contributed by atoms with van der Waals surface area (Å²) in [6.45, 7) is 6.06. The van der Waals surface area contributed by atoms with Crippen molar-refractivity contribution < 1.29 is 33.3 Å². The highest BCUT2D eigenvalue weighted by Crippen LogP contribution is 2.29. The average molecular weight is 355 g/mol. The number of ketones is 1. The first-order chi connectivity index (χ1) is 11.8. The van der Waals surface area contributed by atoms with E-state index in [1.165, 1.54) is 17.4 Å². The largest absolute Gasteiger partial charge is 0.472 e. The number of rotatable bonds is 6. The summed E-state index contributed by atoms with van der Waals surface area (Å²) in [5.41, 5.74) is -0.290. The molecule has 0 N–H and O–H groups in total. The van der Waals surface area contributed by atoms with Gasteiger partial charge >= 0.3 is 6.09 Å². The van der Waals surface area contributed by atoms with E-state index in [2.05, 4.69) is 0 Å². The summed E-state index contributed by atoms with van der Waals surface area (Å²) in [5, 5.41) is 0. The Morgan fingerprint density at radius 1 is 1.36 bits per heavy atom. The topological polar surface area (TPSA) is 83.5 Å². The van der Waals surface area contributed by atoms with Gasteiger partial charge in [0.15, 0.2) is 5.78 Å². The molecule has 0 aliphatic carbocycles. The van der Waals surface area contributed by atoms with E-state index in [1.54, 1.807) is 34.0 Å². The number of carbonyl (C=O) groups excluding carboxylic acids is 2. The van der Waals surface area contributed by atoms with E-state index < -0.39 is 23.8 Å². The fourth-order valence-electron chi connectivity index (χ4n) is 2.48. The second-order valence-electron chi connectivity index (χ2n) is 6.66. The molecule has 2 aliphatic rings. The lowest BCUT2D eigenvalue weighted by atomic mass is 10.0. The normalized spacial score (nSPS) is 23.0. The van der Waals surface area contributed by atoms with Crippen molar-refractivity contribution in [3.63, 3.8) is 0 Å². The number of nitrogens with zero attached hydrogens (tertiary/aromatic N) is 1. The Labute approximate surface area is 147 Å². The van der Waals surface area contributed by atoms with Crippen LogP contribution in [0.2, 0.25) is 0 Å². The van der Waals surface area contributed by atoms with Crippen molar-refractivity contribution in [2.24, 2.45) is 0 Å². The van der Waals surface area contributed by atoms with Crippen molar-refractivity contribution in [2.45, 2.75) is 38.5 Å². The van der Waals surface area contributed by atoms with Gasteiger partial charge in [-0.25, -0.2) is 4.79 Å². The second-order valence-corrected chi connectivity index (χ2v) is 6.66. The Hall–Kier alpha value is -1.90. The maximum absolute atomic E-state index is 12.5. The van der Waals surface area contributed by atoms with E-state index in [4.69, 9.17) is 23.7 Å². The van der Waals surface area contributed by atoms with E-state index in [0.717, 1.165) is 0 Å². The standard InChI is InChI=1S/C17H25NO7/c1-17(2,3)25-16(20)18-9-13(19)12-10-22-6-5-14(15(12)18)24-11-23-8-7-21-4/h5-6,10,14-15H,7-9,11H2,1-4H3/t14-,15-/m0/s1. The molecule has 1 fully saturated rings. The van der Waals surface area contributed by atoms with Crippen molar-refractivity contribution in [1.29, 1.82) is 0 Å². The van der Waals surface area contributed by atoms with Crippen molar-refractivity contribution in [3.8, 4) is 0 Å². The lowest BCUT2D eigenvalue weighted by Gasteiger charge is -2.31. The van der Waals surface area contributed by atoms with Gasteiger partial charge in [0, 0.05) is 7.11 Å². The van der Waals surface area contributed by atoms with Crippen molar-refractivity contribution in [3.05, 3.63) is 24.2 Å². The van der Waals surface area contributed by atoms with Crippen LogP contribution < -0.4 is 0 Å². The second kappa shape index (κ2) is 8.46. The van der Waals surface area contributed by atoms with Gasteiger partial charge in [0.25, 0.3) is 0 Å². The molecule has 25 heavy (non-hydrogen) atoms. The maximum Gasteiger partial charge on any atom is 0.411 e. The van der Waals surface area contributed by atoms with E-state index in [-0.39, 0.29) is 19.1 Å². The summed E-state index contributed by atoms with van der Waals surface area (Å²) in [6, 6.07) is -0.618. The predicted octanol–water partition coefficient (Wildman–Crippen LogP) is 1.61. The molecule has 1 saturated heterocycles. The summed E-state index contributed by atoms with van der Waals surface area (Å²) in [5.74, 6) is -0.200. The first kappa shape index (κ1) is 19.4. The number of ether oxygens (including phenoxy) is 5. The summed E-state index contributed by atoms with van der Waals surface area (Å²) in [4.78, 5) is 26.1. The van der Waals surface area contributed by atoms with Crippen LogP contribution in [-0.4, -0.2) is 68.2 Å². The van der Waals surface area contributed by atoms with Crippen LogP contribution in [0.3, 0.4) is 0 Å². The Morgan fingerprint density at radius 2 is 2.12 bits per heavy atom. The van der Waals surface area contributed by atoms with E-state index in [1.807, 2.05) is 0 Å². The minimum atomic E-state index is -0.663. The van der Waals surface area contributed by atoms with Crippen molar-refractivity contribution >= 4 is 11.9 Å². The van der Waals surface area contributed by atoms with Crippen molar-refractivity contribution in [2.75, 3.05) is 33.7 Å². The molecule has 0 bridgehead atoms. The van der Waals surface area contributed by atoms with E-state index in [0.29, 0.717) is 18.8 Å². The lowest BCUT2D eigenvalue weighted by molar-refractivity contribution is -0.114. The molecule has 2 atom stereocenters. The van der Waals surface area contributed by atoms with Gasteiger partial charge < -0.3 is 23.7 Å². The molecular formula is C17H25NO7. The molecule has 0 aromatic carbocycles. The van der Waals surface area contributed by atoms with Gasteiger partial charge in [-0.3, -0.25) is 9.69 Å². The summed E-state index contributed by atoms with van der Waals surface area (Å²) in [6.07, 6.45) is 3.26. The van der Waals surface area contributed by atoms with Crippen LogP contribution in [0.5, 0.6) is 0 Å². The Bertz CT molecular complexity index is 550. The molecular weight excluding hydrogens is 330 g/mol. The van der Waals surface area contributed by atoms with Crippen molar-refractivity contribution in [1.82, 2.24) is 4.90 Å². The Kier molecular flexibility index (Phi) is 6.57. The Balaban J connectivity index is 2.09. The van der Waals surface area contributed by atoms with Gasteiger partial charge in [-0.1, -0.05) is 0 Å². The molecule has 0 saturated carbocycles. The summed E-state index contributed by atoms with van der Waals surface area (Å²) >= 11 is 0. The number of methoxy groups -OCH3 is 1. The predicted molar refractivity (Wildman–Crippen MR) is 87.6 cm³/mol. The smallest absolute Gasteiger partial charge is 0.411 e. The molecule has 140 valence electrons. The molecule has 8 nitrogen and oxygen atoms in total. The minimum Gasteiger partial charge on any atom is -0.472 e. The Morgan fingerprint density at radius 3 is 2.80 bits per heavy atom. The number of Topliss-reactive ketones (excluding diaryl/α,β-unsaturated/α-hetero) is 1. The van der Waals surface area contributed by atoms with E-state index in [9.17, 15) is 9.59 Å². The van der Waals surface area contributed by atoms with Gasteiger partial charge in [-0.2, -0.15) is 0 Å². The fourth-order valence-corrected chi connectivity index (χ4v) is 2.48. The molecule has 0 aromatic heterocycles. The summed E-state index contributed by atoms with van der Waals surface area (Å²) in [7, 11) is 1.58. The molecule has 1 amide bonds. The van der Waals surface area contributed by atoms with Gasteiger partial charge in [0.2, 0.25) is 0 Å². The zero-order valence-electron chi connectivity index (χ0n) is 15.0. The zero-order valence-corrected chi connectivity index (χ0v) is 15.0. The average Bonchev–Trinajstić information content (AvgIpc) is 2.71. The third-order valence-corrected chi connectivity index (χ3v) is 3.55. The van der Waals surface area contributed by atoms with Gasteiger partial charge in [-0.15, -0.1) is 0 Å². The van der Waals surface area contributed by atoms with E-state index >= 15 is 0 Å². The van der Waals surface area contributed by atoms with Gasteiger partial charge in [0.1, 0.15) is 18.5 Å². The minimum absolute atomic E-state index is 0.00149. The van der Waals surface area contributed by atoms with Gasteiger partial charge in [-0.05, 0) is 26.8 Å². The molecule has 0 spiro atoms. The maximum atomic E-state index is 12.5. The third kappa shape index (κ3) is 5.29. The van der Waals surface area contributed by atoms with Crippen LogP contribution >= 0.6 is 0 Å². The molecule has 0 radical (unpaired) electrons. The number of carbonyl (C=O) groups is 2. The van der Waals surface area contributed by atoms with Crippen LogP contribution in [0.1, 0.15) is 20.8 Å². The van der Waals surface area contributed by atoms with Crippen LogP contribution in [0.4, 0.5) is 4.79 Å². The molecule has 0 aromatic rings. The first-order valence-electron chi connectivity index (χ1n) is 8.07. The highest BCUT2D eigenvalue weighted by molar-refractivity contribution is 6.03. The number of fused-ring (bicyclic) bond motifs is 1. The highest BCUT2D eigenvalue weighted by Gasteiger charge is 2.45. The third-order valence-electron chi connectivity index (χ3n) is 3.55. The monoisotopic (exact) mass is 355 g/mol. The SMILES string of the molecule is COCCOCO[C@H]1C=COC=C2C(=O)CN(C(=O)OC(C)(C)C)[C@@H]21. The number of likely N-dealkylation sites (tertiary alicyclic amines) is 1. The molecule has 2 heterocycles. The highest BCUT2D eigenvalue weighted by atomic mass is 16.7. The number of hydrogen-bond acceptors (Lipinski definition) is 7. The van der Waals surface area contributed by atoms with Crippen LogP contribution in [-0.2, 0) is 28.5 Å². The van der Waals surface area contributed by atoms with Gasteiger partial charge in [0.05, 0.1) is 43.9 Å². The van der Waals surface area contributed by atoms with Crippen LogP contribution in [0.15, 0.2) is 24.2 Å². The quantitative estimate of drug-likeness (QED) is 0.529. The lowest BCUT2D eigenvalue weighted by Crippen LogP contribution is -2.46. The number of amides is 1. The van der Waals surface area contributed by atoms with Crippen LogP contribution in [0.25, 0.3) is 0 Å². The molecule has 0 unspecified atom stereocenters. The molecule has 2 aliphatic heterocycles. The molecule has 8 heteroatoms. The fraction of sp³-hybridized carbons (Fsp3) is 0.647. The first-order valence-corrected chi connectivity index (χ1v) is 8.07. The van der Waals surface area contributed by atoms with Crippen LogP contribution in [0, 0.1) is 0 Å².